The molecule has 0 heterocycles. The second-order valence-electron chi connectivity index (χ2n) is 4.34. The van der Waals surface area contributed by atoms with Gasteiger partial charge in [0.2, 0.25) is 0 Å². The van der Waals surface area contributed by atoms with Gasteiger partial charge in [-0.2, -0.15) is 0 Å². The fraction of sp³-hybridized carbons (Fsp3) is 0.462. The van der Waals surface area contributed by atoms with E-state index in [1.54, 1.807) is 13.8 Å². The van der Waals surface area contributed by atoms with E-state index in [1.807, 2.05) is 24.3 Å². The largest absolute Gasteiger partial charge is 0.480 e. The Labute approximate surface area is 108 Å². The minimum atomic E-state index is -0.931. The Morgan fingerprint density at radius 3 is 1.89 bits per heavy atom. The molecule has 1 unspecified atom stereocenters. The maximum Gasteiger partial charge on any atom is 0.320 e. The van der Waals surface area contributed by atoms with Crippen molar-refractivity contribution in [2.75, 3.05) is 0 Å². The van der Waals surface area contributed by atoms with Gasteiger partial charge in [-0.15, -0.1) is 0 Å². The van der Waals surface area contributed by atoms with Crippen molar-refractivity contribution in [2.24, 2.45) is 23.1 Å². The van der Waals surface area contributed by atoms with Gasteiger partial charge in [0.25, 0.3) is 0 Å². The van der Waals surface area contributed by atoms with Crippen LogP contribution >= 0.6 is 0 Å². The first kappa shape index (κ1) is 16.6. The van der Waals surface area contributed by atoms with Gasteiger partial charge in [-0.3, -0.25) is 4.79 Å². The quantitative estimate of drug-likeness (QED) is 0.629. The lowest BCUT2D eigenvalue weighted by Crippen LogP contribution is -2.34. The predicted molar refractivity (Wildman–Crippen MR) is 72.7 cm³/mol. The number of aliphatic carboxylic acids is 1. The van der Waals surface area contributed by atoms with Crippen LogP contribution in [-0.4, -0.2) is 17.1 Å². The summed E-state index contributed by atoms with van der Waals surface area (Å²) in [4.78, 5) is 10.0. The minimum Gasteiger partial charge on any atom is -0.480 e. The topological polar surface area (TPSA) is 115 Å². The van der Waals surface area contributed by atoms with Gasteiger partial charge in [0, 0.05) is 13.1 Å². The van der Waals surface area contributed by atoms with Crippen molar-refractivity contribution in [3.8, 4) is 0 Å². The van der Waals surface area contributed by atoms with Gasteiger partial charge in [0.05, 0.1) is 0 Å². The third-order valence-electron chi connectivity index (χ3n) is 2.47. The molecule has 1 aromatic rings. The molecule has 1 rings (SSSR count). The second kappa shape index (κ2) is 8.63. The monoisotopic (exact) mass is 253 g/mol. The van der Waals surface area contributed by atoms with Crippen LogP contribution in [-0.2, 0) is 17.9 Å². The molecule has 0 aliphatic carbocycles. The Bertz CT molecular complexity index is 348. The van der Waals surface area contributed by atoms with Crippen molar-refractivity contribution in [3.05, 3.63) is 35.4 Å². The normalized spacial score (nSPS) is 11.7. The van der Waals surface area contributed by atoms with Crippen molar-refractivity contribution in [2.45, 2.75) is 33.0 Å². The molecular formula is C13H23N3O2. The molecule has 0 bridgehead atoms. The third-order valence-corrected chi connectivity index (χ3v) is 2.47. The van der Waals surface area contributed by atoms with Crippen molar-refractivity contribution < 1.29 is 9.90 Å². The number of hydrogen-bond donors (Lipinski definition) is 4. The van der Waals surface area contributed by atoms with E-state index in [0.717, 1.165) is 11.1 Å². The first-order valence-electron chi connectivity index (χ1n) is 5.88. The molecule has 0 aromatic heterocycles. The molecule has 18 heavy (non-hydrogen) atoms. The molecule has 5 nitrogen and oxygen atoms in total. The lowest BCUT2D eigenvalue weighted by Gasteiger charge is -2.07. The van der Waals surface area contributed by atoms with Crippen molar-refractivity contribution in [3.63, 3.8) is 0 Å². The van der Waals surface area contributed by atoms with Crippen LogP contribution in [0.4, 0.5) is 0 Å². The van der Waals surface area contributed by atoms with E-state index in [1.165, 1.54) is 0 Å². The van der Waals surface area contributed by atoms with Crippen molar-refractivity contribution in [1.29, 1.82) is 0 Å². The molecular weight excluding hydrogens is 230 g/mol. The molecule has 0 radical (unpaired) electrons. The molecule has 5 heteroatoms. The van der Waals surface area contributed by atoms with Crippen LogP contribution in [0, 0.1) is 5.92 Å². The molecule has 0 saturated carbocycles. The number of benzene rings is 1. The van der Waals surface area contributed by atoms with Gasteiger partial charge in [0.15, 0.2) is 0 Å². The fourth-order valence-corrected chi connectivity index (χ4v) is 1.17. The van der Waals surface area contributed by atoms with Gasteiger partial charge in [0.1, 0.15) is 6.04 Å². The summed E-state index contributed by atoms with van der Waals surface area (Å²) >= 11 is 0. The van der Waals surface area contributed by atoms with Crippen LogP contribution in [0.15, 0.2) is 24.3 Å². The van der Waals surface area contributed by atoms with E-state index in [0.29, 0.717) is 13.1 Å². The molecule has 0 amide bonds. The molecule has 7 N–H and O–H groups in total. The predicted octanol–water partition coefficient (Wildman–Crippen LogP) is 0.658. The maximum absolute atomic E-state index is 10.0. The molecule has 1 aromatic carbocycles. The summed E-state index contributed by atoms with van der Waals surface area (Å²) in [5.41, 5.74) is 18.3. The third kappa shape index (κ3) is 6.34. The number of carbonyl (C=O) groups is 1. The Hall–Kier alpha value is -1.43. The maximum atomic E-state index is 10.0. The van der Waals surface area contributed by atoms with Crippen LogP contribution in [0.1, 0.15) is 25.0 Å². The number of rotatable bonds is 4. The van der Waals surface area contributed by atoms with Gasteiger partial charge in [-0.05, 0) is 17.0 Å². The van der Waals surface area contributed by atoms with E-state index < -0.39 is 12.0 Å². The molecule has 102 valence electrons. The summed E-state index contributed by atoms with van der Waals surface area (Å²) < 4.78 is 0. The van der Waals surface area contributed by atoms with E-state index in [9.17, 15) is 4.79 Å². The lowest BCUT2D eigenvalue weighted by molar-refractivity contribution is -0.139. The second-order valence-corrected chi connectivity index (χ2v) is 4.34. The lowest BCUT2D eigenvalue weighted by atomic mass is 10.1. The Morgan fingerprint density at radius 1 is 1.22 bits per heavy atom. The Morgan fingerprint density at radius 2 is 1.67 bits per heavy atom. The zero-order valence-corrected chi connectivity index (χ0v) is 11.0. The van der Waals surface area contributed by atoms with E-state index in [-0.39, 0.29) is 5.92 Å². The van der Waals surface area contributed by atoms with Crippen LogP contribution in [0.5, 0.6) is 0 Å². The number of hydrogen-bond acceptors (Lipinski definition) is 4. The average Bonchev–Trinajstić information content (AvgIpc) is 2.38. The van der Waals surface area contributed by atoms with Crippen LogP contribution in [0.3, 0.4) is 0 Å². The van der Waals surface area contributed by atoms with Gasteiger partial charge >= 0.3 is 5.97 Å². The van der Waals surface area contributed by atoms with Crippen LogP contribution < -0.4 is 17.2 Å². The van der Waals surface area contributed by atoms with Gasteiger partial charge in [-0.1, -0.05) is 38.1 Å². The highest BCUT2D eigenvalue weighted by atomic mass is 16.4. The zero-order chi connectivity index (χ0) is 14.1. The standard InChI is InChI=1S/C8H12N2.C5H11NO2/c9-5-7-2-1-3-8(4-7)6-10;1-3(2)4(6)5(7)8/h1-4H,5-6,9-10H2;3-4H,6H2,1-2H3,(H,7,8). The van der Waals surface area contributed by atoms with Crippen molar-refractivity contribution in [1.82, 2.24) is 0 Å². The van der Waals surface area contributed by atoms with Crippen LogP contribution in [0.2, 0.25) is 0 Å². The SMILES string of the molecule is CC(C)C(N)C(=O)O.NCc1cccc(CN)c1. The molecule has 0 aliphatic rings. The van der Waals surface area contributed by atoms with Gasteiger partial charge < -0.3 is 22.3 Å². The number of carboxylic acid groups (broad SMARTS) is 1. The van der Waals surface area contributed by atoms with Crippen LogP contribution in [0.25, 0.3) is 0 Å². The molecule has 0 aliphatic heterocycles. The summed E-state index contributed by atoms with van der Waals surface area (Å²) in [5, 5.41) is 8.23. The zero-order valence-electron chi connectivity index (χ0n) is 11.0. The van der Waals surface area contributed by atoms with Gasteiger partial charge in [-0.25, -0.2) is 0 Å². The summed E-state index contributed by atoms with van der Waals surface area (Å²) in [6.45, 7) is 4.74. The summed E-state index contributed by atoms with van der Waals surface area (Å²) in [7, 11) is 0. The first-order chi connectivity index (χ1) is 8.42. The number of carboxylic acids is 1. The van der Waals surface area contributed by atoms with E-state index >= 15 is 0 Å². The van der Waals surface area contributed by atoms with Crippen molar-refractivity contribution >= 4 is 5.97 Å². The smallest absolute Gasteiger partial charge is 0.320 e. The minimum absolute atomic E-state index is 0.0208. The highest BCUT2D eigenvalue weighted by Gasteiger charge is 2.14. The molecule has 1 atom stereocenters. The molecule has 0 fully saturated rings. The highest BCUT2D eigenvalue weighted by molar-refractivity contribution is 5.73. The number of nitrogens with two attached hydrogens (primary N) is 3. The molecule has 0 saturated heterocycles. The molecule has 0 spiro atoms. The summed E-state index contributed by atoms with van der Waals surface area (Å²) in [6.07, 6.45) is 0. The van der Waals surface area contributed by atoms with E-state index in [2.05, 4.69) is 0 Å². The Balaban J connectivity index is 0.000000331. The highest BCUT2D eigenvalue weighted by Crippen LogP contribution is 2.02. The first-order valence-corrected chi connectivity index (χ1v) is 5.88. The Kier molecular flexibility index (Phi) is 7.94. The van der Waals surface area contributed by atoms with E-state index in [4.69, 9.17) is 22.3 Å². The summed E-state index contributed by atoms with van der Waals surface area (Å²) in [5.74, 6) is -0.910. The summed E-state index contributed by atoms with van der Waals surface area (Å²) in [6, 6.07) is 7.29. The fourth-order valence-electron chi connectivity index (χ4n) is 1.17. The average molecular weight is 253 g/mol.